The topological polar surface area (TPSA) is 62.5 Å². The molecule has 1 aromatic carbocycles. The molecule has 148 valence electrons. The van der Waals surface area contributed by atoms with Crippen molar-refractivity contribution < 1.29 is 4.79 Å². The molecule has 1 saturated heterocycles. The van der Waals surface area contributed by atoms with E-state index in [1.165, 1.54) is 32.1 Å². The van der Waals surface area contributed by atoms with Crippen molar-refractivity contribution in [1.82, 2.24) is 14.8 Å². The average Bonchev–Trinajstić information content (AvgIpc) is 3.00. The number of carbonyl (C=O) groups excluding carboxylic acids is 1. The molecule has 0 spiro atoms. The highest BCUT2D eigenvalue weighted by molar-refractivity contribution is 5.94. The van der Waals surface area contributed by atoms with Crippen LogP contribution in [-0.2, 0) is 0 Å². The van der Waals surface area contributed by atoms with Crippen molar-refractivity contribution in [3.63, 3.8) is 0 Å². The molecule has 2 aliphatic rings. The Morgan fingerprint density at radius 1 is 0.893 bits per heavy atom. The Labute approximate surface area is 167 Å². The summed E-state index contributed by atoms with van der Waals surface area (Å²) in [6.45, 7) is 3.80. The molecule has 2 fully saturated rings. The molecule has 1 saturated carbocycles. The van der Waals surface area contributed by atoms with E-state index in [0.29, 0.717) is 5.69 Å². The van der Waals surface area contributed by atoms with Crippen molar-refractivity contribution in [2.75, 3.05) is 31.9 Å². The number of pyridine rings is 1. The standard InChI is InChI=1S/C23H30N4O/c24-21-15-20(16-25-17-21)18-7-9-19(10-8-18)23(28)27-12-4-11-26(13-14-27)22-5-2-1-3-6-22/h7-10,15-17,22H,1-6,11-14,24H2. The van der Waals surface area contributed by atoms with Gasteiger partial charge in [-0.25, -0.2) is 0 Å². The van der Waals surface area contributed by atoms with Crippen molar-refractivity contribution in [3.05, 3.63) is 48.3 Å². The van der Waals surface area contributed by atoms with Crippen LogP contribution >= 0.6 is 0 Å². The lowest BCUT2D eigenvalue weighted by atomic mass is 9.94. The monoisotopic (exact) mass is 378 g/mol. The largest absolute Gasteiger partial charge is 0.397 e. The minimum Gasteiger partial charge on any atom is -0.397 e. The Hall–Kier alpha value is -2.40. The van der Waals surface area contributed by atoms with E-state index in [2.05, 4.69) is 9.88 Å². The van der Waals surface area contributed by atoms with Crippen molar-refractivity contribution in [2.24, 2.45) is 0 Å². The van der Waals surface area contributed by atoms with Crippen LogP contribution in [0.3, 0.4) is 0 Å². The molecule has 0 atom stereocenters. The molecule has 0 radical (unpaired) electrons. The minimum absolute atomic E-state index is 0.141. The number of benzene rings is 1. The lowest BCUT2D eigenvalue weighted by Crippen LogP contribution is -2.40. The summed E-state index contributed by atoms with van der Waals surface area (Å²) >= 11 is 0. The molecule has 4 rings (SSSR count). The first-order valence-electron chi connectivity index (χ1n) is 10.5. The van der Waals surface area contributed by atoms with E-state index in [-0.39, 0.29) is 5.91 Å². The Balaban J connectivity index is 1.40. The maximum Gasteiger partial charge on any atom is 0.253 e. The third-order valence-electron chi connectivity index (χ3n) is 6.13. The first-order valence-corrected chi connectivity index (χ1v) is 10.5. The molecule has 2 heterocycles. The number of nitrogens with zero attached hydrogens (tertiary/aromatic N) is 3. The number of anilines is 1. The van der Waals surface area contributed by atoms with Gasteiger partial charge in [0, 0.05) is 55.7 Å². The van der Waals surface area contributed by atoms with Crippen LogP contribution in [0.5, 0.6) is 0 Å². The minimum atomic E-state index is 0.141. The highest BCUT2D eigenvalue weighted by atomic mass is 16.2. The van der Waals surface area contributed by atoms with Gasteiger partial charge in [0.2, 0.25) is 0 Å². The van der Waals surface area contributed by atoms with E-state index in [4.69, 9.17) is 5.73 Å². The van der Waals surface area contributed by atoms with Crippen molar-refractivity contribution >= 4 is 11.6 Å². The molecule has 2 aromatic rings. The van der Waals surface area contributed by atoms with Gasteiger partial charge in [-0.2, -0.15) is 0 Å². The Kier molecular flexibility index (Phi) is 5.91. The zero-order chi connectivity index (χ0) is 19.3. The van der Waals surface area contributed by atoms with E-state index in [0.717, 1.165) is 55.3 Å². The number of hydrogen-bond donors (Lipinski definition) is 1. The van der Waals surface area contributed by atoms with Gasteiger partial charge in [-0.15, -0.1) is 0 Å². The summed E-state index contributed by atoms with van der Waals surface area (Å²) in [7, 11) is 0. The average molecular weight is 379 g/mol. The van der Waals surface area contributed by atoms with E-state index < -0.39 is 0 Å². The predicted octanol–water partition coefficient (Wildman–Crippen LogP) is 3.81. The van der Waals surface area contributed by atoms with Gasteiger partial charge in [-0.05, 0) is 43.0 Å². The van der Waals surface area contributed by atoms with Crippen molar-refractivity contribution in [2.45, 2.75) is 44.6 Å². The summed E-state index contributed by atoms with van der Waals surface area (Å²) < 4.78 is 0. The fourth-order valence-corrected chi connectivity index (χ4v) is 4.56. The van der Waals surface area contributed by atoms with Crippen molar-refractivity contribution in [3.8, 4) is 11.1 Å². The molecular formula is C23H30N4O. The highest BCUT2D eigenvalue weighted by Gasteiger charge is 2.25. The number of aromatic nitrogens is 1. The number of nitrogens with two attached hydrogens (primary N) is 1. The van der Waals surface area contributed by atoms with E-state index in [1.807, 2.05) is 35.2 Å². The van der Waals surface area contributed by atoms with Crippen LogP contribution in [0.15, 0.2) is 42.7 Å². The SMILES string of the molecule is Nc1cncc(-c2ccc(C(=O)N3CCCN(C4CCCCC4)CC3)cc2)c1. The number of hydrogen-bond acceptors (Lipinski definition) is 4. The van der Waals surface area contributed by atoms with Gasteiger partial charge < -0.3 is 10.6 Å². The molecule has 1 aliphatic heterocycles. The maximum atomic E-state index is 13.0. The quantitative estimate of drug-likeness (QED) is 0.882. The zero-order valence-corrected chi connectivity index (χ0v) is 16.5. The third-order valence-corrected chi connectivity index (χ3v) is 6.13. The normalized spacial score (nSPS) is 19.4. The van der Waals surface area contributed by atoms with E-state index >= 15 is 0 Å². The molecule has 5 nitrogen and oxygen atoms in total. The van der Waals surface area contributed by atoms with Crippen LogP contribution in [-0.4, -0.2) is 52.9 Å². The van der Waals surface area contributed by atoms with Crippen LogP contribution in [0.2, 0.25) is 0 Å². The molecule has 2 N–H and O–H groups in total. The second-order valence-corrected chi connectivity index (χ2v) is 8.06. The predicted molar refractivity (Wildman–Crippen MR) is 113 cm³/mol. The molecule has 1 aliphatic carbocycles. The number of nitrogen functional groups attached to an aromatic ring is 1. The molecule has 1 aromatic heterocycles. The maximum absolute atomic E-state index is 13.0. The second kappa shape index (κ2) is 8.74. The second-order valence-electron chi connectivity index (χ2n) is 8.06. The van der Waals surface area contributed by atoms with Crippen LogP contribution in [0.4, 0.5) is 5.69 Å². The lowest BCUT2D eigenvalue weighted by Gasteiger charge is -2.33. The van der Waals surface area contributed by atoms with E-state index in [9.17, 15) is 4.79 Å². The Morgan fingerprint density at radius 2 is 1.68 bits per heavy atom. The number of amides is 1. The first kappa shape index (κ1) is 18.9. The molecule has 1 amide bonds. The van der Waals surface area contributed by atoms with Crippen molar-refractivity contribution in [1.29, 1.82) is 0 Å². The Bertz CT molecular complexity index is 799. The molecule has 5 heteroatoms. The molecule has 0 bridgehead atoms. The first-order chi connectivity index (χ1) is 13.7. The zero-order valence-electron chi connectivity index (χ0n) is 16.5. The van der Waals surface area contributed by atoms with Gasteiger partial charge in [-0.3, -0.25) is 14.7 Å². The summed E-state index contributed by atoms with van der Waals surface area (Å²) in [5.41, 5.74) is 9.22. The van der Waals surface area contributed by atoms with Gasteiger partial charge in [-0.1, -0.05) is 31.4 Å². The highest BCUT2D eigenvalue weighted by Crippen LogP contribution is 2.24. The van der Waals surface area contributed by atoms with E-state index in [1.54, 1.807) is 12.4 Å². The smallest absolute Gasteiger partial charge is 0.253 e. The summed E-state index contributed by atoms with van der Waals surface area (Å²) in [6, 6.07) is 10.4. The number of carbonyl (C=O) groups is 1. The van der Waals surface area contributed by atoms with Crippen LogP contribution in [0.1, 0.15) is 48.9 Å². The fraction of sp³-hybridized carbons (Fsp3) is 0.478. The molecule has 0 unspecified atom stereocenters. The molecular weight excluding hydrogens is 348 g/mol. The lowest BCUT2D eigenvalue weighted by molar-refractivity contribution is 0.0755. The van der Waals surface area contributed by atoms with Gasteiger partial charge in [0.05, 0.1) is 5.69 Å². The van der Waals surface area contributed by atoms with Gasteiger partial charge >= 0.3 is 0 Å². The van der Waals surface area contributed by atoms with Crippen LogP contribution < -0.4 is 5.73 Å². The van der Waals surface area contributed by atoms with Gasteiger partial charge in [0.25, 0.3) is 5.91 Å². The summed E-state index contributed by atoms with van der Waals surface area (Å²) in [5, 5.41) is 0. The van der Waals surface area contributed by atoms with Gasteiger partial charge in [0.1, 0.15) is 0 Å². The Morgan fingerprint density at radius 3 is 2.43 bits per heavy atom. The summed E-state index contributed by atoms with van der Waals surface area (Å²) in [6.07, 6.45) is 11.3. The van der Waals surface area contributed by atoms with Crippen LogP contribution in [0.25, 0.3) is 11.1 Å². The molecule has 28 heavy (non-hydrogen) atoms. The third kappa shape index (κ3) is 4.36. The number of rotatable bonds is 3. The van der Waals surface area contributed by atoms with Gasteiger partial charge in [0.15, 0.2) is 0 Å². The summed E-state index contributed by atoms with van der Waals surface area (Å²) in [4.78, 5) is 21.8. The van der Waals surface area contributed by atoms with Crippen LogP contribution in [0, 0.1) is 0 Å². The fourth-order valence-electron chi connectivity index (χ4n) is 4.56. The summed E-state index contributed by atoms with van der Waals surface area (Å²) in [5.74, 6) is 0.141.